The second-order valence-corrected chi connectivity index (χ2v) is 9.70. The molecule has 0 heterocycles. The third kappa shape index (κ3) is 2.31. The summed E-state index contributed by atoms with van der Waals surface area (Å²) in [5, 5.41) is 45.0. The molecule has 3 saturated carbocycles. The van der Waals surface area contributed by atoms with Crippen LogP contribution in [0.5, 0.6) is 0 Å². The van der Waals surface area contributed by atoms with Gasteiger partial charge in [-0.25, -0.2) is 0 Å². The third-order valence-electron chi connectivity index (χ3n) is 8.56. The van der Waals surface area contributed by atoms with Gasteiger partial charge in [-0.1, -0.05) is 31.4 Å². The first kappa shape index (κ1) is 18.8. The van der Waals surface area contributed by atoms with Gasteiger partial charge in [-0.3, -0.25) is 0 Å². The Labute approximate surface area is 160 Å². The molecule has 0 saturated heterocycles. The summed E-state index contributed by atoms with van der Waals surface area (Å²) < 4.78 is 0. The fourth-order valence-corrected chi connectivity index (χ4v) is 7.13. The van der Waals surface area contributed by atoms with Crippen molar-refractivity contribution in [3.05, 3.63) is 11.6 Å². The molecule has 4 N–H and O–H groups in total. The average Bonchev–Trinajstić information content (AvgIpc) is 2.83. The van der Waals surface area contributed by atoms with Gasteiger partial charge < -0.3 is 20.4 Å². The zero-order valence-corrected chi connectivity index (χ0v) is 16.2. The summed E-state index contributed by atoms with van der Waals surface area (Å²) in [4.78, 5) is 0. The van der Waals surface area contributed by atoms with Crippen molar-refractivity contribution >= 4 is 11.6 Å². The number of halogens is 1. The predicted molar refractivity (Wildman–Crippen MR) is 99.1 cm³/mol. The molecule has 4 nitrogen and oxygen atoms in total. The summed E-state index contributed by atoms with van der Waals surface area (Å²) in [7, 11) is 0. The third-order valence-corrected chi connectivity index (χ3v) is 8.66. The molecule has 26 heavy (non-hydrogen) atoms. The number of hydrogen-bond acceptors (Lipinski definition) is 4. The van der Waals surface area contributed by atoms with Crippen LogP contribution >= 0.6 is 11.6 Å². The first-order valence-corrected chi connectivity index (χ1v) is 10.1. The van der Waals surface area contributed by atoms with Gasteiger partial charge in [0.15, 0.2) is 0 Å². The Balaban J connectivity index is 1.74. The van der Waals surface area contributed by atoms with Gasteiger partial charge in [0.1, 0.15) is 5.60 Å². The number of rotatable bonds is 0. The minimum atomic E-state index is -1.10. The molecule has 9 atom stereocenters. The fourth-order valence-electron chi connectivity index (χ4n) is 6.98. The minimum absolute atomic E-state index is 0.0380. The highest BCUT2D eigenvalue weighted by Gasteiger charge is 2.65. The van der Waals surface area contributed by atoms with Gasteiger partial charge in [0.25, 0.3) is 0 Å². The quantitative estimate of drug-likeness (QED) is 0.383. The van der Waals surface area contributed by atoms with Crippen molar-refractivity contribution in [1.82, 2.24) is 0 Å². The van der Waals surface area contributed by atoms with Gasteiger partial charge >= 0.3 is 0 Å². The van der Waals surface area contributed by atoms with Crippen molar-refractivity contribution < 1.29 is 20.4 Å². The van der Waals surface area contributed by atoms with E-state index in [1.807, 2.05) is 6.08 Å². The van der Waals surface area contributed by atoms with E-state index in [1.165, 1.54) is 0 Å². The molecular formula is C21H29ClO4. The topological polar surface area (TPSA) is 80.9 Å². The number of aliphatic hydroxyl groups is 4. The van der Waals surface area contributed by atoms with E-state index in [0.717, 1.165) is 24.8 Å². The first-order valence-electron chi connectivity index (χ1n) is 9.77. The van der Waals surface area contributed by atoms with Crippen molar-refractivity contribution in [3.63, 3.8) is 0 Å². The van der Waals surface area contributed by atoms with Crippen molar-refractivity contribution in [2.75, 3.05) is 0 Å². The SMILES string of the molecule is C[C@]12CC(O)C(O)CC1=CC(O)[C@@H]1[C@H]2CC[C@@]2(C)[C@H]1CCC2(O)C#CCl. The molecule has 4 rings (SSSR count). The highest BCUT2D eigenvalue weighted by molar-refractivity contribution is 6.30. The molecule has 4 unspecified atom stereocenters. The van der Waals surface area contributed by atoms with Gasteiger partial charge in [-0.2, -0.15) is 0 Å². The molecule has 0 aromatic rings. The highest BCUT2D eigenvalue weighted by Crippen LogP contribution is 2.67. The summed E-state index contributed by atoms with van der Waals surface area (Å²) in [5.41, 5.74) is -0.604. The van der Waals surface area contributed by atoms with Crippen LogP contribution in [0.3, 0.4) is 0 Å². The first-order chi connectivity index (χ1) is 12.2. The van der Waals surface area contributed by atoms with Gasteiger partial charge in [0.05, 0.1) is 18.3 Å². The highest BCUT2D eigenvalue weighted by atomic mass is 35.5. The predicted octanol–water partition coefficient (Wildman–Crippen LogP) is 2.18. The van der Waals surface area contributed by atoms with E-state index < -0.39 is 23.9 Å². The Kier molecular flexibility index (Phi) is 4.31. The van der Waals surface area contributed by atoms with Gasteiger partial charge in [-0.05, 0) is 73.3 Å². The van der Waals surface area contributed by atoms with Crippen molar-refractivity contribution in [3.8, 4) is 11.3 Å². The molecule has 4 aliphatic rings. The lowest BCUT2D eigenvalue weighted by Gasteiger charge is -2.59. The smallest absolute Gasteiger partial charge is 0.132 e. The second kappa shape index (κ2) is 5.96. The summed E-state index contributed by atoms with van der Waals surface area (Å²) in [6.07, 6.45) is 3.94. The standard InChI is InChI=1S/C21H29ClO4/c1-19-11-17(25)15(23)9-12(19)10-16(24)18-13(19)3-5-20(2)14(18)4-6-21(20,26)7-8-22/h10,13-18,23-26H,3-6,9,11H2,1-2H3/t13-,14+,15?,16?,17?,18-,19+,20+,21?/m1/s1. The maximum absolute atomic E-state index is 11.2. The zero-order chi connectivity index (χ0) is 18.9. The largest absolute Gasteiger partial charge is 0.390 e. The number of hydrogen-bond donors (Lipinski definition) is 4. The average molecular weight is 381 g/mol. The normalized spacial score (nSPS) is 55.7. The zero-order valence-electron chi connectivity index (χ0n) is 15.5. The van der Waals surface area contributed by atoms with Crippen LogP contribution in [0.2, 0.25) is 0 Å². The second-order valence-electron chi connectivity index (χ2n) is 9.51. The Morgan fingerprint density at radius 3 is 2.46 bits per heavy atom. The Bertz CT molecular complexity index is 696. The molecule has 0 amide bonds. The Morgan fingerprint density at radius 1 is 1.08 bits per heavy atom. The van der Waals surface area contributed by atoms with E-state index in [1.54, 1.807) is 0 Å². The lowest BCUT2D eigenvalue weighted by atomic mass is 9.46. The maximum Gasteiger partial charge on any atom is 0.132 e. The lowest BCUT2D eigenvalue weighted by molar-refractivity contribution is -0.134. The van der Waals surface area contributed by atoms with Gasteiger partial charge in [-0.15, -0.1) is 0 Å². The molecule has 4 aliphatic carbocycles. The molecule has 144 valence electrons. The summed E-state index contributed by atoms with van der Waals surface area (Å²) in [6, 6.07) is 0. The molecule has 0 aliphatic heterocycles. The number of fused-ring (bicyclic) bond motifs is 5. The van der Waals surface area contributed by atoms with Crippen molar-refractivity contribution in [2.45, 2.75) is 76.3 Å². The van der Waals surface area contributed by atoms with Crippen LogP contribution in [0.1, 0.15) is 52.4 Å². The lowest BCUT2D eigenvalue weighted by Crippen LogP contribution is -2.58. The van der Waals surface area contributed by atoms with Crippen LogP contribution in [-0.4, -0.2) is 44.3 Å². The van der Waals surface area contributed by atoms with Gasteiger partial charge in [0, 0.05) is 10.8 Å². The van der Waals surface area contributed by atoms with E-state index in [0.29, 0.717) is 19.3 Å². The molecule has 3 fully saturated rings. The fraction of sp³-hybridized carbons (Fsp3) is 0.810. The Morgan fingerprint density at radius 2 is 1.77 bits per heavy atom. The molecule has 0 radical (unpaired) electrons. The minimum Gasteiger partial charge on any atom is -0.390 e. The van der Waals surface area contributed by atoms with Crippen LogP contribution in [-0.2, 0) is 0 Å². The van der Waals surface area contributed by atoms with Crippen LogP contribution in [0.4, 0.5) is 0 Å². The van der Waals surface area contributed by atoms with Crippen LogP contribution in [0, 0.1) is 39.9 Å². The molecular weight excluding hydrogens is 352 g/mol. The van der Waals surface area contributed by atoms with E-state index in [4.69, 9.17) is 11.6 Å². The monoisotopic (exact) mass is 380 g/mol. The number of aliphatic hydroxyl groups excluding tert-OH is 3. The molecule has 5 heteroatoms. The van der Waals surface area contributed by atoms with Crippen molar-refractivity contribution in [2.24, 2.45) is 28.6 Å². The molecule has 0 spiro atoms. The van der Waals surface area contributed by atoms with Gasteiger partial charge in [0.2, 0.25) is 0 Å². The van der Waals surface area contributed by atoms with E-state index >= 15 is 0 Å². The van der Waals surface area contributed by atoms with E-state index in [-0.39, 0.29) is 28.6 Å². The summed E-state index contributed by atoms with van der Waals surface area (Å²) in [6.45, 7) is 4.27. The molecule has 0 bridgehead atoms. The summed E-state index contributed by atoms with van der Waals surface area (Å²) in [5.74, 6) is 3.29. The Hall–Kier alpha value is -0.570. The van der Waals surface area contributed by atoms with Crippen LogP contribution in [0.25, 0.3) is 0 Å². The van der Waals surface area contributed by atoms with E-state index in [9.17, 15) is 20.4 Å². The van der Waals surface area contributed by atoms with Crippen LogP contribution in [0.15, 0.2) is 11.6 Å². The molecule has 0 aromatic carbocycles. The van der Waals surface area contributed by atoms with Crippen molar-refractivity contribution in [1.29, 1.82) is 0 Å². The van der Waals surface area contributed by atoms with E-state index in [2.05, 4.69) is 25.1 Å². The van der Waals surface area contributed by atoms with Crippen LogP contribution < -0.4 is 0 Å². The molecule has 0 aromatic heterocycles. The summed E-state index contributed by atoms with van der Waals surface area (Å²) >= 11 is 5.64. The maximum atomic E-state index is 11.2.